The number of fused-ring (bicyclic) bond motifs is 1. The van der Waals surface area contributed by atoms with Gasteiger partial charge in [0.1, 0.15) is 0 Å². The SMILES string of the molecule is CCn1nc(C)c2c(NCC(C)C)c(-c3nnc(S(C)(=O)=O)o3)cnc21. The van der Waals surface area contributed by atoms with Crippen molar-refractivity contribution in [2.75, 3.05) is 18.1 Å². The molecule has 0 aliphatic heterocycles. The van der Waals surface area contributed by atoms with Crippen molar-refractivity contribution in [3.05, 3.63) is 11.9 Å². The second-order valence-corrected chi connectivity index (χ2v) is 8.46. The number of aromatic nitrogens is 5. The number of hydrogen-bond donors (Lipinski definition) is 1. The van der Waals surface area contributed by atoms with Crippen LogP contribution >= 0.6 is 0 Å². The van der Waals surface area contributed by atoms with Crippen molar-refractivity contribution < 1.29 is 12.8 Å². The molecule has 0 aliphatic rings. The minimum absolute atomic E-state index is 0.106. The number of anilines is 1. The molecule has 0 bridgehead atoms. The van der Waals surface area contributed by atoms with Gasteiger partial charge in [-0.05, 0) is 19.8 Å². The topological polar surface area (TPSA) is 116 Å². The number of rotatable bonds is 6. The first kappa shape index (κ1) is 18.3. The Morgan fingerprint density at radius 1 is 1.31 bits per heavy atom. The van der Waals surface area contributed by atoms with Crippen molar-refractivity contribution in [3.8, 4) is 11.5 Å². The lowest BCUT2D eigenvalue weighted by atomic mass is 10.1. The summed E-state index contributed by atoms with van der Waals surface area (Å²) in [4.78, 5) is 4.49. The molecule has 0 amide bonds. The fraction of sp³-hybridized carbons (Fsp3) is 0.500. The molecule has 3 aromatic rings. The Balaban J connectivity index is 2.22. The number of aryl methyl sites for hydroxylation is 2. The van der Waals surface area contributed by atoms with Gasteiger partial charge in [-0.25, -0.2) is 18.1 Å². The summed E-state index contributed by atoms with van der Waals surface area (Å²) in [5.41, 5.74) is 2.90. The number of sulfone groups is 1. The lowest BCUT2D eigenvalue weighted by molar-refractivity contribution is 0.442. The van der Waals surface area contributed by atoms with E-state index in [1.807, 2.05) is 18.5 Å². The van der Waals surface area contributed by atoms with Gasteiger partial charge in [-0.2, -0.15) is 5.10 Å². The first-order valence-corrected chi connectivity index (χ1v) is 10.3. The molecule has 0 aromatic carbocycles. The number of hydrogen-bond acceptors (Lipinski definition) is 8. The third kappa shape index (κ3) is 3.28. The highest BCUT2D eigenvalue weighted by Gasteiger charge is 2.23. The van der Waals surface area contributed by atoms with Crippen LogP contribution in [0.5, 0.6) is 0 Å². The molecule has 3 heterocycles. The molecule has 1 N–H and O–H groups in total. The lowest BCUT2D eigenvalue weighted by Gasteiger charge is -2.13. The molecule has 10 heteroatoms. The van der Waals surface area contributed by atoms with Crippen molar-refractivity contribution >= 4 is 26.6 Å². The molecule has 0 aliphatic carbocycles. The van der Waals surface area contributed by atoms with E-state index in [1.165, 1.54) is 0 Å². The van der Waals surface area contributed by atoms with Gasteiger partial charge >= 0.3 is 5.22 Å². The van der Waals surface area contributed by atoms with E-state index in [4.69, 9.17) is 4.42 Å². The molecule has 3 aromatic heterocycles. The van der Waals surface area contributed by atoms with Crippen LogP contribution in [0.4, 0.5) is 5.69 Å². The molecular formula is C16H22N6O3S. The minimum atomic E-state index is -3.58. The molecular weight excluding hydrogens is 356 g/mol. The molecule has 0 saturated heterocycles. The van der Waals surface area contributed by atoms with Gasteiger partial charge in [-0.3, -0.25) is 0 Å². The third-order valence-corrected chi connectivity index (χ3v) is 4.68. The minimum Gasteiger partial charge on any atom is -0.408 e. The Labute approximate surface area is 151 Å². The molecule has 0 spiro atoms. The van der Waals surface area contributed by atoms with Crippen molar-refractivity contribution in [1.29, 1.82) is 0 Å². The zero-order valence-corrected chi connectivity index (χ0v) is 16.3. The van der Waals surface area contributed by atoms with E-state index in [9.17, 15) is 8.42 Å². The van der Waals surface area contributed by atoms with Crippen molar-refractivity contribution in [2.45, 2.75) is 39.5 Å². The van der Waals surface area contributed by atoms with Crippen LogP contribution in [0.1, 0.15) is 26.5 Å². The van der Waals surface area contributed by atoms with Crippen LogP contribution in [-0.2, 0) is 16.4 Å². The number of pyridine rings is 1. The average Bonchev–Trinajstić information content (AvgIpc) is 3.17. The molecule has 0 fully saturated rings. The highest BCUT2D eigenvalue weighted by atomic mass is 32.2. The summed E-state index contributed by atoms with van der Waals surface area (Å²) in [6, 6.07) is 0. The first-order chi connectivity index (χ1) is 12.2. The van der Waals surface area contributed by atoms with Crippen molar-refractivity contribution in [1.82, 2.24) is 25.0 Å². The van der Waals surface area contributed by atoms with Gasteiger partial charge in [-0.15, -0.1) is 5.10 Å². The molecule has 0 atom stereocenters. The van der Waals surface area contributed by atoms with Gasteiger partial charge in [0, 0.05) is 25.5 Å². The summed E-state index contributed by atoms with van der Waals surface area (Å²) in [6.07, 6.45) is 2.64. The summed E-state index contributed by atoms with van der Waals surface area (Å²) in [5, 5.41) is 15.9. The Morgan fingerprint density at radius 3 is 2.62 bits per heavy atom. The van der Waals surface area contributed by atoms with Crippen LogP contribution in [-0.4, -0.2) is 46.2 Å². The highest BCUT2D eigenvalue weighted by Crippen LogP contribution is 2.35. The third-order valence-electron chi connectivity index (χ3n) is 3.88. The van der Waals surface area contributed by atoms with Gasteiger partial charge in [0.25, 0.3) is 5.89 Å². The molecule has 140 valence electrons. The summed E-state index contributed by atoms with van der Waals surface area (Å²) < 4.78 is 30.5. The van der Waals surface area contributed by atoms with Crippen molar-refractivity contribution in [2.24, 2.45) is 5.92 Å². The second kappa shape index (κ2) is 6.67. The number of nitrogens with zero attached hydrogens (tertiary/aromatic N) is 5. The predicted octanol–water partition coefficient (Wildman–Crippen LogP) is 2.28. The van der Waals surface area contributed by atoms with Gasteiger partial charge in [0.15, 0.2) is 5.65 Å². The highest BCUT2D eigenvalue weighted by molar-refractivity contribution is 7.90. The van der Waals surface area contributed by atoms with Crippen LogP contribution in [0.2, 0.25) is 0 Å². The van der Waals surface area contributed by atoms with Gasteiger partial charge < -0.3 is 9.73 Å². The quantitative estimate of drug-likeness (QED) is 0.694. The number of nitrogens with one attached hydrogen (secondary N) is 1. The van der Waals surface area contributed by atoms with Gasteiger partial charge in [-0.1, -0.05) is 18.9 Å². The van der Waals surface area contributed by atoms with E-state index in [-0.39, 0.29) is 5.89 Å². The zero-order valence-electron chi connectivity index (χ0n) is 15.4. The van der Waals surface area contributed by atoms with Gasteiger partial charge in [0.05, 0.1) is 22.3 Å². The molecule has 9 nitrogen and oxygen atoms in total. The summed E-state index contributed by atoms with van der Waals surface area (Å²) in [6.45, 7) is 9.52. The van der Waals surface area contributed by atoms with E-state index >= 15 is 0 Å². The molecule has 0 unspecified atom stereocenters. The van der Waals surface area contributed by atoms with E-state index < -0.39 is 15.1 Å². The largest absolute Gasteiger partial charge is 0.408 e. The Morgan fingerprint density at radius 2 is 2.04 bits per heavy atom. The zero-order chi connectivity index (χ0) is 19.1. The van der Waals surface area contributed by atoms with E-state index in [0.29, 0.717) is 18.0 Å². The smallest absolute Gasteiger partial charge is 0.335 e. The first-order valence-electron chi connectivity index (χ1n) is 8.36. The maximum absolute atomic E-state index is 11.6. The lowest BCUT2D eigenvalue weighted by Crippen LogP contribution is -2.10. The Hall–Kier alpha value is -2.49. The van der Waals surface area contributed by atoms with E-state index in [1.54, 1.807) is 6.20 Å². The molecule has 0 saturated carbocycles. The monoisotopic (exact) mass is 378 g/mol. The van der Waals surface area contributed by atoms with Crippen LogP contribution in [0, 0.1) is 12.8 Å². The summed E-state index contributed by atoms with van der Waals surface area (Å²) in [7, 11) is -3.58. The average molecular weight is 378 g/mol. The van der Waals surface area contributed by atoms with Crippen LogP contribution in [0.3, 0.4) is 0 Å². The van der Waals surface area contributed by atoms with E-state index in [2.05, 4.69) is 39.4 Å². The Kier molecular flexibility index (Phi) is 4.70. The van der Waals surface area contributed by atoms with Crippen LogP contribution in [0.25, 0.3) is 22.5 Å². The normalized spacial score (nSPS) is 12.2. The maximum Gasteiger partial charge on any atom is 0.335 e. The van der Waals surface area contributed by atoms with Crippen LogP contribution in [0.15, 0.2) is 15.8 Å². The fourth-order valence-corrected chi connectivity index (χ4v) is 3.08. The maximum atomic E-state index is 11.6. The Bertz CT molecular complexity index is 1050. The van der Waals surface area contributed by atoms with Crippen LogP contribution < -0.4 is 5.32 Å². The standard InChI is InChI=1S/C16H22N6O3S/c1-6-22-14-12(10(4)21-22)13(17-7-9(2)3)11(8-18-14)15-19-20-16(25-15)26(5,23)24/h8-9H,6-7H2,1-5H3,(H,17,18). The molecule has 3 rings (SSSR count). The predicted molar refractivity (Wildman–Crippen MR) is 97.7 cm³/mol. The second-order valence-electron chi connectivity index (χ2n) is 6.57. The van der Waals surface area contributed by atoms with Crippen molar-refractivity contribution in [3.63, 3.8) is 0 Å². The summed E-state index contributed by atoms with van der Waals surface area (Å²) >= 11 is 0. The summed E-state index contributed by atoms with van der Waals surface area (Å²) in [5.74, 6) is 0.511. The molecule has 0 radical (unpaired) electrons. The molecule has 26 heavy (non-hydrogen) atoms. The van der Waals surface area contributed by atoms with Gasteiger partial charge in [0.2, 0.25) is 9.84 Å². The fourth-order valence-electron chi connectivity index (χ4n) is 2.66. The van der Waals surface area contributed by atoms with E-state index in [0.717, 1.165) is 35.2 Å².